The van der Waals surface area contributed by atoms with E-state index in [9.17, 15) is 26.4 Å². The zero-order valence-corrected chi connectivity index (χ0v) is 17.2. The number of carbonyl (C=O) groups is 1. The number of sulfonamides is 1. The first-order chi connectivity index (χ1) is 14.0. The molecule has 164 valence electrons. The van der Waals surface area contributed by atoms with E-state index in [1.165, 1.54) is 14.2 Å². The zero-order chi connectivity index (χ0) is 22.5. The SMILES string of the molecule is COC(=O)CN(Cc1cc(OC)cc(OC)c1)S(=O)(=O)c1ccc(C(F)(F)F)cc1. The van der Waals surface area contributed by atoms with Crippen molar-refractivity contribution in [2.24, 2.45) is 0 Å². The number of carbonyl (C=O) groups excluding carboxylic acids is 1. The van der Waals surface area contributed by atoms with Gasteiger partial charge in [0.25, 0.3) is 0 Å². The average Bonchev–Trinajstić information content (AvgIpc) is 2.72. The van der Waals surface area contributed by atoms with E-state index in [0.29, 0.717) is 29.2 Å². The molecule has 0 saturated carbocycles. The number of hydrogen-bond donors (Lipinski definition) is 0. The van der Waals surface area contributed by atoms with Crippen molar-refractivity contribution in [2.45, 2.75) is 17.6 Å². The first kappa shape index (κ1) is 23.5. The smallest absolute Gasteiger partial charge is 0.416 e. The predicted octanol–water partition coefficient (Wildman–Crippen LogP) is 3.09. The molecule has 7 nitrogen and oxygen atoms in total. The molecule has 0 N–H and O–H groups in total. The summed E-state index contributed by atoms with van der Waals surface area (Å²) in [7, 11) is -0.385. The number of hydrogen-bond acceptors (Lipinski definition) is 6. The molecule has 0 radical (unpaired) electrons. The quantitative estimate of drug-likeness (QED) is 0.579. The van der Waals surface area contributed by atoms with Gasteiger partial charge in [0.1, 0.15) is 18.0 Å². The lowest BCUT2D eigenvalue weighted by molar-refractivity contribution is -0.141. The molecule has 2 aromatic rings. The van der Waals surface area contributed by atoms with Gasteiger partial charge in [-0.2, -0.15) is 17.5 Å². The molecular formula is C19H20F3NO6S. The lowest BCUT2D eigenvalue weighted by atomic mass is 10.2. The molecule has 0 aliphatic heterocycles. The Morgan fingerprint density at radius 3 is 1.93 bits per heavy atom. The van der Waals surface area contributed by atoms with Gasteiger partial charge in [-0.15, -0.1) is 0 Å². The van der Waals surface area contributed by atoms with Gasteiger partial charge in [0.2, 0.25) is 10.0 Å². The van der Waals surface area contributed by atoms with E-state index in [1.54, 1.807) is 18.2 Å². The molecule has 11 heteroatoms. The largest absolute Gasteiger partial charge is 0.497 e. The summed E-state index contributed by atoms with van der Waals surface area (Å²) in [5, 5.41) is 0. The monoisotopic (exact) mass is 447 g/mol. The van der Waals surface area contributed by atoms with Crippen LogP contribution in [0, 0.1) is 0 Å². The summed E-state index contributed by atoms with van der Waals surface area (Å²) in [5.74, 6) is -0.0380. The highest BCUT2D eigenvalue weighted by Gasteiger charge is 2.32. The Labute approximate surface area is 172 Å². The van der Waals surface area contributed by atoms with E-state index >= 15 is 0 Å². The number of alkyl halides is 3. The van der Waals surface area contributed by atoms with Gasteiger partial charge in [0.05, 0.1) is 31.8 Å². The maximum absolute atomic E-state index is 13.0. The van der Waals surface area contributed by atoms with Crippen LogP contribution in [-0.4, -0.2) is 46.6 Å². The Kier molecular flexibility index (Phi) is 7.32. The van der Waals surface area contributed by atoms with Crippen LogP contribution in [0.1, 0.15) is 11.1 Å². The van der Waals surface area contributed by atoms with Gasteiger partial charge in [-0.1, -0.05) is 0 Å². The van der Waals surface area contributed by atoms with Gasteiger partial charge in [-0.25, -0.2) is 8.42 Å². The third kappa shape index (κ3) is 5.63. The van der Waals surface area contributed by atoms with Crippen LogP contribution in [0.3, 0.4) is 0 Å². The van der Waals surface area contributed by atoms with Crippen LogP contribution < -0.4 is 9.47 Å². The Morgan fingerprint density at radius 2 is 1.50 bits per heavy atom. The molecule has 2 rings (SSSR count). The van der Waals surface area contributed by atoms with Crippen LogP contribution in [0.2, 0.25) is 0 Å². The molecule has 0 saturated heterocycles. The number of ether oxygens (including phenoxy) is 3. The van der Waals surface area contributed by atoms with Crippen LogP contribution in [0.4, 0.5) is 13.2 Å². The van der Waals surface area contributed by atoms with Gasteiger partial charge in [-0.3, -0.25) is 4.79 Å². The van der Waals surface area contributed by atoms with E-state index in [2.05, 4.69) is 4.74 Å². The molecule has 0 spiro atoms. The molecule has 0 aliphatic rings. The number of methoxy groups -OCH3 is 3. The first-order valence-corrected chi connectivity index (χ1v) is 9.91. The van der Waals surface area contributed by atoms with Gasteiger partial charge in [-0.05, 0) is 42.0 Å². The Hall–Kier alpha value is -2.79. The summed E-state index contributed by atoms with van der Waals surface area (Å²) in [6, 6.07) is 7.70. The molecule has 2 aromatic carbocycles. The number of benzene rings is 2. The van der Waals surface area contributed by atoms with Gasteiger partial charge in [0.15, 0.2) is 0 Å². The van der Waals surface area contributed by atoms with Gasteiger partial charge >= 0.3 is 12.1 Å². The molecule has 0 fully saturated rings. The molecule has 0 bridgehead atoms. The summed E-state index contributed by atoms with van der Waals surface area (Å²) >= 11 is 0. The molecule has 0 heterocycles. The van der Waals surface area contributed by atoms with E-state index in [-0.39, 0.29) is 6.54 Å². The zero-order valence-electron chi connectivity index (χ0n) is 16.4. The summed E-state index contributed by atoms with van der Waals surface area (Å²) in [6.45, 7) is -0.911. The van der Waals surface area contributed by atoms with Crippen molar-refractivity contribution < 1.29 is 40.6 Å². The van der Waals surface area contributed by atoms with Crippen molar-refractivity contribution in [1.82, 2.24) is 4.31 Å². The number of esters is 1. The molecule has 0 aromatic heterocycles. The predicted molar refractivity (Wildman–Crippen MR) is 101 cm³/mol. The summed E-state index contributed by atoms with van der Waals surface area (Å²) in [4.78, 5) is 11.4. The topological polar surface area (TPSA) is 82.1 Å². The fourth-order valence-electron chi connectivity index (χ4n) is 2.56. The van der Waals surface area contributed by atoms with E-state index in [1.807, 2.05) is 0 Å². The van der Waals surface area contributed by atoms with E-state index < -0.39 is 39.2 Å². The standard InChI is InChI=1S/C19H20F3NO6S/c1-27-15-8-13(9-16(10-15)28-2)11-23(12-18(24)29-3)30(25,26)17-6-4-14(5-7-17)19(20,21)22/h4-10H,11-12H2,1-3H3. The molecule has 0 amide bonds. The van der Waals surface area contributed by atoms with Gasteiger partial charge < -0.3 is 14.2 Å². The number of halogens is 3. The Bertz CT molecular complexity index is 968. The third-order valence-corrected chi connectivity index (χ3v) is 5.93. The van der Waals surface area contributed by atoms with Gasteiger partial charge in [0, 0.05) is 12.6 Å². The third-order valence-electron chi connectivity index (χ3n) is 4.12. The van der Waals surface area contributed by atoms with Crippen LogP contribution in [0.25, 0.3) is 0 Å². The summed E-state index contributed by atoms with van der Waals surface area (Å²) in [6.07, 6.45) is -4.61. The normalized spacial score (nSPS) is 12.0. The maximum Gasteiger partial charge on any atom is 0.416 e. The van der Waals surface area contributed by atoms with Crippen LogP contribution in [0.5, 0.6) is 11.5 Å². The van der Waals surface area contributed by atoms with E-state index in [0.717, 1.165) is 23.5 Å². The molecule has 0 atom stereocenters. The maximum atomic E-state index is 13.0. The second-order valence-corrected chi connectivity index (χ2v) is 8.03. The van der Waals surface area contributed by atoms with Crippen molar-refractivity contribution in [2.75, 3.05) is 27.9 Å². The molecule has 0 unspecified atom stereocenters. The highest BCUT2D eigenvalue weighted by molar-refractivity contribution is 7.89. The minimum absolute atomic E-state index is 0.272. The Balaban J connectivity index is 2.44. The van der Waals surface area contributed by atoms with Crippen LogP contribution in [0.15, 0.2) is 47.4 Å². The average molecular weight is 447 g/mol. The lowest BCUT2D eigenvalue weighted by Gasteiger charge is -2.22. The fourth-order valence-corrected chi connectivity index (χ4v) is 3.93. The van der Waals surface area contributed by atoms with Crippen molar-refractivity contribution in [3.05, 3.63) is 53.6 Å². The second-order valence-electron chi connectivity index (χ2n) is 6.09. The first-order valence-electron chi connectivity index (χ1n) is 8.47. The van der Waals surface area contributed by atoms with E-state index in [4.69, 9.17) is 9.47 Å². The summed E-state index contributed by atoms with van der Waals surface area (Å²) in [5.41, 5.74) is -0.552. The minimum Gasteiger partial charge on any atom is -0.497 e. The molecule has 30 heavy (non-hydrogen) atoms. The van der Waals surface area contributed by atoms with Crippen LogP contribution >= 0.6 is 0 Å². The number of rotatable bonds is 8. The van der Waals surface area contributed by atoms with Crippen LogP contribution in [-0.2, 0) is 32.3 Å². The fraction of sp³-hybridized carbons (Fsp3) is 0.316. The van der Waals surface area contributed by atoms with Crippen molar-refractivity contribution in [3.8, 4) is 11.5 Å². The summed E-state index contributed by atoms with van der Waals surface area (Å²) < 4.78 is 80.1. The highest BCUT2D eigenvalue weighted by atomic mass is 32.2. The molecular weight excluding hydrogens is 427 g/mol. The second kappa shape index (κ2) is 9.35. The van der Waals surface area contributed by atoms with Crippen molar-refractivity contribution in [3.63, 3.8) is 0 Å². The minimum atomic E-state index is -4.61. The molecule has 0 aliphatic carbocycles. The van der Waals surface area contributed by atoms with Crippen molar-refractivity contribution in [1.29, 1.82) is 0 Å². The Morgan fingerprint density at radius 1 is 0.967 bits per heavy atom. The lowest BCUT2D eigenvalue weighted by Crippen LogP contribution is -2.35. The highest BCUT2D eigenvalue weighted by Crippen LogP contribution is 2.31. The number of nitrogens with zero attached hydrogens (tertiary/aromatic N) is 1. The van der Waals surface area contributed by atoms with Crippen molar-refractivity contribution >= 4 is 16.0 Å².